The van der Waals surface area contributed by atoms with Crippen LogP contribution in [0.1, 0.15) is 18.3 Å². The Labute approximate surface area is 136 Å². The van der Waals surface area contributed by atoms with Gasteiger partial charge in [0.25, 0.3) is 0 Å². The lowest BCUT2D eigenvalue weighted by atomic mass is 10.2. The third-order valence-corrected chi connectivity index (χ3v) is 3.52. The summed E-state index contributed by atoms with van der Waals surface area (Å²) < 4.78 is 0. The minimum absolute atomic E-state index is 0.0109. The topological polar surface area (TPSA) is 78.4 Å². The van der Waals surface area contributed by atoms with Crippen molar-refractivity contribution in [1.82, 2.24) is 20.2 Å². The van der Waals surface area contributed by atoms with Crippen molar-refractivity contribution in [3.63, 3.8) is 0 Å². The molecule has 2 heterocycles. The Bertz CT molecular complexity index is 592. The van der Waals surface area contributed by atoms with Gasteiger partial charge in [-0.2, -0.15) is 0 Å². The quantitative estimate of drug-likeness (QED) is 0.731. The lowest BCUT2D eigenvalue weighted by Gasteiger charge is -2.27. The first-order chi connectivity index (χ1) is 11.1. The molecule has 23 heavy (non-hydrogen) atoms. The van der Waals surface area contributed by atoms with Gasteiger partial charge in [0.05, 0.1) is 17.9 Å². The van der Waals surface area contributed by atoms with E-state index in [4.69, 9.17) is 5.11 Å². The molecule has 0 aliphatic heterocycles. The van der Waals surface area contributed by atoms with Gasteiger partial charge in [-0.15, -0.1) is 0 Å². The van der Waals surface area contributed by atoms with Crippen LogP contribution >= 0.6 is 0 Å². The van der Waals surface area contributed by atoms with E-state index in [1.807, 2.05) is 48.2 Å². The highest BCUT2D eigenvalue weighted by Gasteiger charge is 2.17. The number of carboxylic acid groups (broad SMARTS) is 1. The summed E-state index contributed by atoms with van der Waals surface area (Å²) >= 11 is 0. The average molecular weight is 314 g/mol. The molecule has 2 aromatic heterocycles. The predicted octanol–water partition coefficient (Wildman–Crippen LogP) is 1.54. The fourth-order valence-corrected chi connectivity index (χ4v) is 2.28. The van der Waals surface area contributed by atoms with Crippen molar-refractivity contribution in [2.45, 2.75) is 26.1 Å². The first kappa shape index (κ1) is 17.1. The fourth-order valence-electron chi connectivity index (χ4n) is 2.28. The number of aliphatic carboxylic acids is 1. The van der Waals surface area contributed by atoms with Gasteiger partial charge in [-0.05, 0) is 31.2 Å². The molecular weight excluding hydrogens is 292 g/mol. The van der Waals surface area contributed by atoms with Gasteiger partial charge in [-0.25, -0.2) is 0 Å². The Morgan fingerprint density at radius 1 is 1.17 bits per heavy atom. The highest BCUT2D eigenvalue weighted by atomic mass is 16.4. The maximum atomic E-state index is 11.1. The first-order valence-corrected chi connectivity index (χ1v) is 7.61. The Morgan fingerprint density at radius 2 is 1.83 bits per heavy atom. The first-order valence-electron chi connectivity index (χ1n) is 7.61. The van der Waals surface area contributed by atoms with Crippen LogP contribution in [0.2, 0.25) is 0 Å². The van der Waals surface area contributed by atoms with E-state index < -0.39 is 5.97 Å². The van der Waals surface area contributed by atoms with Gasteiger partial charge in [-0.3, -0.25) is 19.7 Å². The second-order valence-electron chi connectivity index (χ2n) is 5.42. The molecule has 1 unspecified atom stereocenters. The zero-order valence-electron chi connectivity index (χ0n) is 13.2. The van der Waals surface area contributed by atoms with Crippen LogP contribution in [0.5, 0.6) is 0 Å². The SMILES string of the molecule is CC(CNCc1ccccn1)N(CC(=O)O)Cc1ccccn1. The van der Waals surface area contributed by atoms with Gasteiger partial charge >= 0.3 is 5.97 Å². The Balaban J connectivity index is 1.88. The zero-order valence-corrected chi connectivity index (χ0v) is 13.2. The Morgan fingerprint density at radius 3 is 2.39 bits per heavy atom. The highest BCUT2D eigenvalue weighted by molar-refractivity contribution is 5.69. The summed E-state index contributed by atoms with van der Waals surface area (Å²) in [7, 11) is 0. The molecule has 0 aliphatic carbocycles. The predicted molar refractivity (Wildman–Crippen MR) is 87.7 cm³/mol. The number of hydrogen-bond acceptors (Lipinski definition) is 5. The number of nitrogens with zero attached hydrogens (tertiary/aromatic N) is 3. The molecule has 0 fully saturated rings. The average Bonchev–Trinajstić information content (AvgIpc) is 2.56. The number of hydrogen-bond donors (Lipinski definition) is 2. The highest BCUT2D eigenvalue weighted by Crippen LogP contribution is 2.06. The molecule has 2 N–H and O–H groups in total. The third kappa shape index (κ3) is 6.14. The smallest absolute Gasteiger partial charge is 0.317 e. The van der Waals surface area contributed by atoms with Crippen molar-refractivity contribution >= 4 is 5.97 Å². The molecule has 2 rings (SSSR count). The normalized spacial score (nSPS) is 12.3. The molecule has 6 nitrogen and oxygen atoms in total. The molecule has 0 saturated heterocycles. The lowest BCUT2D eigenvalue weighted by molar-refractivity contribution is -0.139. The third-order valence-electron chi connectivity index (χ3n) is 3.52. The molecule has 0 saturated carbocycles. The standard InChI is InChI=1S/C17H22N4O2/c1-14(10-18-11-15-6-2-4-8-19-15)21(13-17(22)23)12-16-7-3-5-9-20-16/h2-9,14,18H,10-13H2,1H3,(H,22,23). The molecule has 0 spiro atoms. The molecule has 0 aromatic carbocycles. The summed E-state index contributed by atoms with van der Waals surface area (Å²) in [4.78, 5) is 21.5. The summed E-state index contributed by atoms with van der Waals surface area (Å²) in [6.07, 6.45) is 3.48. The molecule has 2 aromatic rings. The van der Waals surface area contributed by atoms with Gasteiger partial charge in [0.15, 0.2) is 0 Å². The van der Waals surface area contributed by atoms with E-state index in [-0.39, 0.29) is 12.6 Å². The van der Waals surface area contributed by atoms with Crippen LogP contribution in [0.15, 0.2) is 48.8 Å². The van der Waals surface area contributed by atoms with E-state index >= 15 is 0 Å². The summed E-state index contributed by atoms with van der Waals surface area (Å²) in [5, 5.41) is 12.4. The molecular formula is C17H22N4O2. The van der Waals surface area contributed by atoms with Crippen LogP contribution in [-0.4, -0.2) is 45.1 Å². The number of carboxylic acids is 1. The second kappa shape index (κ2) is 8.97. The van der Waals surface area contributed by atoms with Gasteiger partial charge in [-0.1, -0.05) is 12.1 Å². The molecule has 0 amide bonds. The molecule has 0 aliphatic rings. The zero-order chi connectivity index (χ0) is 16.5. The minimum atomic E-state index is -0.836. The number of rotatable bonds is 9. The molecule has 122 valence electrons. The van der Waals surface area contributed by atoms with Crippen LogP contribution in [0.25, 0.3) is 0 Å². The second-order valence-corrected chi connectivity index (χ2v) is 5.42. The lowest BCUT2D eigenvalue weighted by Crippen LogP contribution is -2.42. The molecule has 1 atom stereocenters. The van der Waals surface area contributed by atoms with E-state index in [1.54, 1.807) is 12.4 Å². The Hall–Kier alpha value is -2.31. The maximum Gasteiger partial charge on any atom is 0.317 e. The Kier molecular flexibility index (Phi) is 6.65. The van der Waals surface area contributed by atoms with Crippen LogP contribution in [-0.2, 0) is 17.9 Å². The van der Waals surface area contributed by atoms with Gasteiger partial charge in [0.1, 0.15) is 0 Å². The van der Waals surface area contributed by atoms with Gasteiger partial charge in [0.2, 0.25) is 0 Å². The molecule has 0 bridgehead atoms. The van der Waals surface area contributed by atoms with Crippen molar-refractivity contribution in [1.29, 1.82) is 0 Å². The number of pyridine rings is 2. The summed E-state index contributed by atoms with van der Waals surface area (Å²) in [5.41, 5.74) is 1.83. The van der Waals surface area contributed by atoms with Crippen molar-refractivity contribution in [3.8, 4) is 0 Å². The van der Waals surface area contributed by atoms with Crippen LogP contribution < -0.4 is 5.32 Å². The number of aromatic nitrogens is 2. The van der Waals surface area contributed by atoms with E-state index in [2.05, 4.69) is 15.3 Å². The minimum Gasteiger partial charge on any atom is -0.480 e. The van der Waals surface area contributed by atoms with Crippen molar-refractivity contribution in [3.05, 3.63) is 60.2 Å². The maximum absolute atomic E-state index is 11.1. The van der Waals surface area contributed by atoms with E-state index in [1.165, 1.54) is 0 Å². The van der Waals surface area contributed by atoms with Gasteiger partial charge in [0, 0.05) is 38.1 Å². The van der Waals surface area contributed by atoms with E-state index in [0.717, 1.165) is 11.4 Å². The van der Waals surface area contributed by atoms with Crippen molar-refractivity contribution in [2.24, 2.45) is 0 Å². The number of nitrogens with one attached hydrogen (secondary N) is 1. The largest absolute Gasteiger partial charge is 0.480 e. The summed E-state index contributed by atoms with van der Waals surface area (Å²) in [6, 6.07) is 11.5. The van der Waals surface area contributed by atoms with Crippen LogP contribution in [0.4, 0.5) is 0 Å². The summed E-state index contributed by atoms with van der Waals surface area (Å²) in [5.74, 6) is -0.836. The molecule has 6 heteroatoms. The van der Waals surface area contributed by atoms with Crippen molar-refractivity contribution < 1.29 is 9.90 Å². The van der Waals surface area contributed by atoms with E-state index in [9.17, 15) is 4.79 Å². The van der Waals surface area contributed by atoms with Crippen LogP contribution in [0.3, 0.4) is 0 Å². The monoisotopic (exact) mass is 314 g/mol. The summed E-state index contributed by atoms with van der Waals surface area (Å²) in [6.45, 7) is 3.85. The number of carbonyl (C=O) groups is 1. The molecule has 0 radical (unpaired) electrons. The van der Waals surface area contributed by atoms with Gasteiger partial charge < -0.3 is 10.4 Å². The fraction of sp³-hybridized carbons (Fsp3) is 0.353. The van der Waals surface area contributed by atoms with Crippen LogP contribution in [0, 0.1) is 0 Å². The van der Waals surface area contributed by atoms with E-state index in [0.29, 0.717) is 19.6 Å². The van der Waals surface area contributed by atoms with Crippen molar-refractivity contribution in [2.75, 3.05) is 13.1 Å².